The molecule has 0 radical (unpaired) electrons. The van der Waals surface area contributed by atoms with Crippen molar-refractivity contribution in [2.75, 3.05) is 7.11 Å². The van der Waals surface area contributed by atoms with Gasteiger partial charge in [0.25, 0.3) is 5.91 Å². The van der Waals surface area contributed by atoms with E-state index >= 15 is 0 Å². The summed E-state index contributed by atoms with van der Waals surface area (Å²) in [6.45, 7) is 4.09. The Morgan fingerprint density at radius 3 is 2.24 bits per heavy atom. The summed E-state index contributed by atoms with van der Waals surface area (Å²) in [6, 6.07) is 25.7. The van der Waals surface area contributed by atoms with Crippen molar-refractivity contribution >= 4 is 17.6 Å². The van der Waals surface area contributed by atoms with E-state index < -0.39 is 0 Å². The van der Waals surface area contributed by atoms with Crippen LogP contribution in [0.3, 0.4) is 0 Å². The van der Waals surface area contributed by atoms with Gasteiger partial charge in [0, 0.05) is 5.57 Å². The first kappa shape index (κ1) is 20.4. The molecule has 3 aromatic carbocycles. The Kier molecular flexibility index (Phi) is 6.85. The van der Waals surface area contributed by atoms with Gasteiger partial charge < -0.3 is 10.1 Å². The molecule has 3 heteroatoms. The molecule has 3 aromatic rings. The van der Waals surface area contributed by atoms with Crippen molar-refractivity contribution < 1.29 is 9.53 Å². The second kappa shape index (κ2) is 9.74. The summed E-state index contributed by atoms with van der Waals surface area (Å²) in [5.74, 6) is 0.768. The number of benzene rings is 3. The van der Waals surface area contributed by atoms with E-state index in [2.05, 4.69) is 18.3 Å². The Morgan fingerprint density at radius 2 is 1.66 bits per heavy atom. The summed E-state index contributed by atoms with van der Waals surface area (Å²) in [5, 5.41) is 3.22. The summed E-state index contributed by atoms with van der Waals surface area (Å²) in [7, 11) is 1.67. The molecule has 0 saturated heterocycles. The first-order chi connectivity index (χ1) is 14.1. The van der Waals surface area contributed by atoms with Crippen LogP contribution in [0.25, 0.3) is 11.6 Å². The van der Waals surface area contributed by atoms with Gasteiger partial charge in [0.15, 0.2) is 0 Å². The van der Waals surface area contributed by atoms with Crippen LogP contribution in [0.5, 0.6) is 5.75 Å². The van der Waals surface area contributed by atoms with Gasteiger partial charge in [-0.15, -0.1) is 0 Å². The van der Waals surface area contributed by atoms with Gasteiger partial charge in [-0.2, -0.15) is 0 Å². The smallest absolute Gasteiger partial charge is 0.252 e. The van der Waals surface area contributed by atoms with Gasteiger partial charge >= 0.3 is 0 Å². The lowest BCUT2D eigenvalue weighted by Gasteiger charge is -2.20. The molecule has 29 heavy (non-hydrogen) atoms. The quantitative estimate of drug-likeness (QED) is 0.412. The molecule has 0 unspecified atom stereocenters. The first-order valence-electron chi connectivity index (χ1n) is 9.90. The number of rotatable bonds is 7. The van der Waals surface area contributed by atoms with Gasteiger partial charge in [-0.05, 0) is 47.7 Å². The van der Waals surface area contributed by atoms with Crippen LogP contribution in [0.15, 0.2) is 78.9 Å². The summed E-state index contributed by atoms with van der Waals surface area (Å²) < 4.78 is 5.36. The molecule has 1 atom stereocenters. The minimum absolute atomic E-state index is 0.0741. The molecule has 0 bridgehead atoms. The van der Waals surface area contributed by atoms with E-state index in [1.54, 1.807) is 7.11 Å². The van der Waals surface area contributed by atoms with Crippen LogP contribution in [0.1, 0.15) is 41.6 Å². The third-order valence-electron chi connectivity index (χ3n) is 4.97. The molecule has 0 heterocycles. The normalized spacial score (nSPS) is 12.3. The molecule has 0 fully saturated rings. The highest BCUT2D eigenvalue weighted by Crippen LogP contribution is 2.26. The molecule has 0 saturated carbocycles. The standard InChI is InChI=1S/C26H27NO2/c1-4-24(22-15-16-25(29-3)19(2)17-22)27-26(28)23(21-13-9-6-10-14-21)18-20-11-7-5-8-12-20/h5-18,24H,4H2,1-3H3,(H,27,28)/b23-18+/t24-/m0/s1. The van der Waals surface area contributed by atoms with Crippen LogP contribution < -0.4 is 10.1 Å². The third kappa shape index (κ3) is 5.14. The van der Waals surface area contributed by atoms with Crippen LogP contribution in [0, 0.1) is 6.92 Å². The molecule has 0 aliphatic rings. The van der Waals surface area contributed by atoms with Crippen LogP contribution in [-0.4, -0.2) is 13.0 Å². The van der Waals surface area contributed by atoms with E-state index in [9.17, 15) is 4.79 Å². The maximum Gasteiger partial charge on any atom is 0.252 e. The van der Waals surface area contributed by atoms with Gasteiger partial charge in [0.2, 0.25) is 0 Å². The fraction of sp³-hybridized carbons (Fsp3) is 0.192. The molecular weight excluding hydrogens is 358 g/mol. The van der Waals surface area contributed by atoms with Gasteiger partial charge in [-0.25, -0.2) is 0 Å². The van der Waals surface area contributed by atoms with E-state index in [4.69, 9.17) is 4.74 Å². The fourth-order valence-electron chi connectivity index (χ4n) is 3.39. The minimum atomic E-state index is -0.0830. The number of ether oxygens (including phenoxy) is 1. The third-order valence-corrected chi connectivity index (χ3v) is 4.97. The number of carbonyl (C=O) groups excluding carboxylic acids is 1. The second-order valence-corrected chi connectivity index (χ2v) is 7.00. The lowest BCUT2D eigenvalue weighted by Crippen LogP contribution is -2.29. The number of hydrogen-bond donors (Lipinski definition) is 1. The van der Waals surface area contributed by atoms with Crippen molar-refractivity contribution in [3.8, 4) is 5.75 Å². The van der Waals surface area contributed by atoms with E-state index in [1.807, 2.05) is 85.8 Å². The summed E-state index contributed by atoms with van der Waals surface area (Å²) in [4.78, 5) is 13.3. The highest BCUT2D eigenvalue weighted by molar-refractivity contribution is 6.24. The zero-order valence-electron chi connectivity index (χ0n) is 17.2. The lowest BCUT2D eigenvalue weighted by atomic mass is 9.98. The largest absolute Gasteiger partial charge is 0.496 e. The van der Waals surface area contributed by atoms with E-state index in [0.29, 0.717) is 5.57 Å². The molecule has 3 nitrogen and oxygen atoms in total. The predicted molar refractivity (Wildman–Crippen MR) is 120 cm³/mol. The van der Waals surface area contributed by atoms with Gasteiger partial charge in [0.05, 0.1) is 13.2 Å². The van der Waals surface area contributed by atoms with Crippen LogP contribution in [0.4, 0.5) is 0 Å². The van der Waals surface area contributed by atoms with E-state index in [0.717, 1.165) is 34.4 Å². The molecule has 148 valence electrons. The Hall–Kier alpha value is -3.33. The van der Waals surface area contributed by atoms with Gasteiger partial charge in [-0.3, -0.25) is 4.79 Å². The molecule has 1 N–H and O–H groups in total. The maximum absolute atomic E-state index is 13.3. The summed E-state index contributed by atoms with van der Waals surface area (Å²) in [6.07, 6.45) is 2.74. The van der Waals surface area contributed by atoms with Crippen molar-refractivity contribution in [1.29, 1.82) is 0 Å². The maximum atomic E-state index is 13.3. The number of methoxy groups -OCH3 is 1. The van der Waals surface area contributed by atoms with Crippen molar-refractivity contribution in [3.63, 3.8) is 0 Å². The Morgan fingerprint density at radius 1 is 1.00 bits per heavy atom. The van der Waals surface area contributed by atoms with Crippen LogP contribution in [0.2, 0.25) is 0 Å². The SMILES string of the molecule is CC[C@H](NC(=O)/C(=C/c1ccccc1)c1ccccc1)c1ccc(OC)c(C)c1. The average molecular weight is 386 g/mol. The number of nitrogens with one attached hydrogen (secondary N) is 1. The van der Waals surface area contributed by atoms with Crippen molar-refractivity contribution in [3.05, 3.63) is 101 Å². The van der Waals surface area contributed by atoms with Crippen molar-refractivity contribution in [2.24, 2.45) is 0 Å². The van der Waals surface area contributed by atoms with Crippen LogP contribution >= 0.6 is 0 Å². The highest BCUT2D eigenvalue weighted by atomic mass is 16.5. The fourth-order valence-corrected chi connectivity index (χ4v) is 3.39. The van der Waals surface area contributed by atoms with E-state index in [1.165, 1.54) is 0 Å². The molecule has 3 rings (SSSR count). The number of aryl methyl sites for hydroxylation is 1. The van der Waals surface area contributed by atoms with Gasteiger partial charge in [-0.1, -0.05) is 79.7 Å². The lowest BCUT2D eigenvalue weighted by molar-refractivity contribution is -0.116. The van der Waals surface area contributed by atoms with Crippen molar-refractivity contribution in [1.82, 2.24) is 5.32 Å². The molecule has 0 aliphatic carbocycles. The minimum Gasteiger partial charge on any atom is -0.496 e. The monoisotopic (exact) mass is 385 g/mol. The first-order valence-corrected chi connectivity index (χ1v) is 9.90. The average Bonchev–Trinajstić information content (AvgIpc) is 2.77. The number of amides is 1. The Bertz CT molecular complexity index is 978. The molecule has 0 aromatic heterocycles. The zero-order valence-corrected chi connectivity index (χ0v) is 17.2. The molecule has 0 aliphatic heterocycles. The highest BCUT2D eigenvalue weighted by Gasteiger charge is 2.18. The topological polar surface area (TPSA) is 38.3 Å². The summed E-state index contributed by atoms with van der Waals surface area (Å²) in [5.41, 5.74) is 4.68. The number of carbonyl (C=O) groups is 1. The predicted octanol–water partition coefficient (Wildman–Crippen LogP) is 5.81. The molecule has 0 spiro atoms. The Labute approximate surface area is 173 Å². The molecule has 1 amide bonds. The zero-order chi connectivity index (χ0) is 20.6. The number of hydrogen-bond acceptors (Lipinski definition) is 2. The van der Waals surface area contributed by atoms with Crippen LogP contribution in [-0.2, 0) is 4.79 Å². The van der Waals surface area contributed by atoms with Crippen molar-refractivity contribution in [2.45, 2.75) is 26.3 Å². The summed E-state index contributed by atoms with van der Waals surface area (Å²) >= 11 is 0. The Balaban J connectivity index is 1.91. The second-order valence-electron chi connectivity index (χ2n) is 7.00. The van der Waals surface area contributed by atoms with Gasteiger partial charge in [0.1, 0.15) is 5.75 Å². The van der Waals surface area contributed by atoms with E-state index in [-0.39, 0.29) is 11.9 Å². The molecular formula is C26H27NO2.